The number of aryl methyl sites for hydroxylation is 1. The van der Waals surface area contributed by atoms with Gasteiger partial charge in [0.15, 0.2) is 0 Å². The van der Waals surface area contributed by atoms with Gasteiger partial charge < -0.3 is 4.74 Å². The van der Waals surface area contributed by atoms with Crippen LogP contribution in [0.2, 0.25) is 0 Å². The van der Waals surface area contributed by atoms with Crippen molar-refractivity contribution < 1.29 is 17.9 Å². The molecule has 1 heterocycles. The van der Waals surface area contributed by atoms with E-state index in [1.165, 1.54) is 10.4 Å². The molecule has 0 fully saturated rings. The van der Waals surface area contributed by atoms with Crippen molar-refractivity contribution in [2.75, 3.05) is 13.2 Å². The standard InChI is InChI=1S/C17H23NO4S/c1-4-6-11-22-16(19)12-15-14-9-7-8-13(3)17(14)23(20,21)18(15)10-5-2/h5,7-9,15H,2,4,6,10-12H2,1,3H3. The van der Waals surface area contributed by atoms with E-state index in [0.29, 0.717) is 22.6 Å². The van der Waals surface area contributed by atoms with Crippen molar-refractivity contribution in [1.29, 1.82) is 0 Å². The Morgan fingerprint density at radius 3 is 2.83 bits per heavy atom. The highest BCUT2D eigenvalue weighted by Crippen LogP contribution is 2.42. The first kappa shape index (κ1) is 17.7. The molecule has 0 saturated heterocycles. The SMILES string of the molecule is C=CCN1C(CC(=O)OCCCC)c2cccc(C)c2S1(=O)=O. The van der Waals surface area contributed by atoms with Crippen LogP contribution >= 0.6 is 0 Å². The minimum atomic E-state index is -3.60. The monoisotopic (exact) mass is 337 g/mol. The highest BCUT2D eigenvalue weighted by molar-refractivity contribution is 7.89. The first-order chi connectivity index (χ1) is 10.9. The molecule has 1 atom stereocenters. The third kappa shape index (κ3) is 3.48. The van der Waals surface area contributed by atoms with Crippen molar-refractivity contribution in [3.63, 3.8) is 0 Å². The molecule has 2 rings (SSSR count). The van der Waals surface area contributed by atoms with Crippen LogP contribution in [0.25, 0.3) is 0 Å². The molecule has 1 aliphatic heterocycles. The lowest BCUT2D eigenvalue weighted by Gasteiger charge is -2.21. The number of carbonyl (C=O) groups is 1. The van der Waals surface area contributed by atoms with E-state index in [2.05, 4.69) is 6.58 Å². The van der Waals surface area contributed by atoms with Gasteiger partial charge in [0.25, 0.3) is 0 Å². The van der Waals surface area contributed by atoms with Crippen LogP contribution in [0, 0.1) is 6.92 Å². The smallest absolute Gasteiger partial charge is 0.307 e. The van der Waals surface area contributed by atoms with E-state index in [-0.39, 0.29) is 18.9 Å². The maximum absolute atomic E-state index is 12.8. The van der Waals surface area contributed by atoms with Crippen LogP contribution in [-0.4, -0.2) is 31.8 Å². The summed E-state index contributed by atoms with van der Waals surface area (Å²) in [5.74, 6) is -0.373. The lowest BCUT2D eigenvalue weighted by atomic mass is 10.0. The second-order valence-electron chi connectivity index (χ2n) is 5.65. The summed E-state index contributed by atoms with van der Waals surface area (Å²) in [4.78, 5) is 12.4. The average Bonchev–Trinajstić information content (AvgIpc) is 2.70. The number of nitrogens with zero attached hydrogens (tertiary/aromatic N) is 1. The van der Waals surface area contributed by atoms with Crippen molar-refractivity contribution in [1.82, 2.24) is 4.31 Å². The van der Waals surface area contributed by atoms with Crippen molar-refractivity contribution in [3.8, 4) is 0 Å². The first-order valence-corrected chi connectivity index (χ1v) is 9.25. The fourth-order valence-electron chi connectivity index (χ4n) is 2.84. The van der Waals surface area contributed by atoms with Crippen LogP contribution in [0.1, 0.15) is 43.4 Å². The van der Waals surface area contributed by atoms with Gasteiger partial charge in [-0.05, 0) is 24.5 Å². The van der Waals surface area contributed by atoms with E-state index in [0.717, 1.165) is 12.8 Å². The van der Waals surface area contributed by atoms with Gasteiger partial charge in [0.2, 0.25) is 10.0 Å². The van der Waals surface area contributed by atoms with Gasteiger partial charge in [0, 0.05) is 6.54 Å². The molecule has 0 aromatic heterocycles. The molecule has 1 aromatic rings. The number of ether oxygens (including phenoxy) is 1. The third-order valence-corrected chi connectivity index (χ3v) is 6.04. The number of carbonyl (C=O) groups excluding carboxylic acids is 1. The Morgan fingerprint density at radius 1 is 1.43 bits per heavy atom. The van der Waals surface area contributed by atoms with Crippen LogP contribution in [0.4, 0.5) is 0 Å². The molecule has 0 saturated carbocycles. The van der Waals surface area contributed by atoms with Gasteiger partial charge in [-0.15, -0.1) is 6.58 Å². The van der Waals surface area contributed by atoms with Gasteiger partial charge in [-0.1, -0.05) is 37.6 Å². The van der Waals surface area contributed by atoms with Crippen LogP contribution in [0.15, 0.2) is 35.7 Å². The van der Waals surface area contributed by atoms with Gasteiger partial charge in [-0.25, -0.2) is 8.42 Å². The number of hydrogen-bond donors (Lipinski definition) is 0. The Hall–Kier alpha value is -1.66. The molecule has 0 N–H and O–H groups in total. The zero-order valence-corrected chi connectivity index (χ0v) is 14.4. The van der Waals surface area contributed by atoms with E-state index >= 15 is 0 Å². The molecule has 0 bridgehead atoms. The number of esters is 1. The second kappa shape index (κ2) is 7.27. The number of benzene rings is 1. The molecule has 1 aliphatic rings. The van der Waals surface area contributed by atoms with E-state index in [1.54, 1.807) is 19.1 Å². The molecule has 0 spiro atoms. The summed E-state index contributed by atoms with van der Waals surface area (Å²) in [6.07, 6.45) is 3.30. The maximum atomic E-state index is 12.8. The minimum Gasteiger partial charge on any atom is -0.466 e. The summed E-state index contributed by atoms with van der Waals surface area (Å²) in [6, 6.07) is 4.83. The lowest BCUT2D eigenvalue weighted by molar-refractivity contribution is -0.144. The summed E-state index contributed by atoms with van der Waals surface area (Å²) < 4.78 is 32.1. The number of sulfonamides is 1. The van der Waals surface area contributed by atoms with E-state index in [9.17, 15) is 13.2 Å². The number of hydrogen-bond acceptors (Lipinski definition) is 4. The normalized spacial score (nSPS) is 19.3. The Bertz CT molecular complexity index is 697. The molecule has 0 radical (unpaired) electrons. The predicted molar refractivity (Wildman–Crippen MR) is 88.5 cm³/mol. The molecular weight excluding hydrogens is 314 g/mol. The molecule has 23 heavy (non-hydrogen) atoms. The maximum Gasteiger partial charge on any atom is 0.307 e. The highest BCUT2D eigenvalue weighted by atomic mass is 32.2. The number of rotatable bonds is 7. The van der Waals surface area contributed by atoms with Gasteiger partial charge >= 0.3 is 5.97 Å². The third-order valence-electron chi connectivity index (χ3n) is 3.95. The molecule has 0 aliphatic carbocycles. The van der Waals surface area contributed by atoms with E-state index in [1.807, 2.05) is 13.0 Å². The van der Waals surface area contributed by atoms with Gasteiger partial charge in [0.1, 0.15) is 0 Å². The van der Waals surface area contributed by atoms with Gasteiger partial charge in [-0.3, -0.25) is 4.79 Å². The van der Waals surface area contributed by atoms with E-state index < -0.39 is 16.1 Å². The molecule has 1 aromatic carbocycles. The van der Waals surface area contributed by atoms with Crippen molar-refractivity contribution >= 4 is 16.0 Å². The molecule has 5 nitrogen and oxygen atoms in total. The second-order valence-corrected chi connectivity index (χ2v) is 7.48. The summed E-state index contributed by atoms with van der Waals surface area (Å²) in [5.41, 5.74) is 1.36. The van der Waals surface area contributed by atoms with Crippen LogP contribution < -0.4 is 0 Å². The lowest BCUT2D eigenvalue weighted by Crippen LogP contribution is -2.30. The summed E-state index contributed by atoms with van der Waals surface area (Å²) in [5, 5.41) is 0. The van der Waals surface area contributed by atoms with Crippen molar-refractivity contribution in [3.05, 3.63) is 42.0 Å². The summed E-state index contributed by atoms with van der Waals surface area (Å²) >= 11 is 0. The molecular formula is C17H23NO4S. The summed E-state index contributed by atoms with van der Waals surface area (Å²) in [7, 11) is -3.60. The Morgan fingerprint density at radius 2 is 2.17 bits per heavy atom. The molecule has 0 amide bonds. The summed E-state index contributed by atoms with van der Waals surface area (Å²) in [6.45, 7) is 7.95. The Labute approximate surface area is 138 Å². The molecule has 1 unspecified atom stereocenters. The number of fused-ring (bicyclic) bond motifs is 1. The fraction of sp³-hybridized carbons (Fsp3) is 0.471. The van der Waals surface area contributed by atoms with Crippen LogP contribution in [0.3, 0.4) is 0 Å². The zero-order valence-electron chi connectivity index (χ0n) is 13.6. The predicted octanol–water partition coefficient (Wildman–Crippen LogP) is 2.96. The average molecular weight is 337 g/mol. The van der Waals surface area contributed by atoms with Crippen LogP contribution in [0.5, 0.6) is 0 Å². The fourth-order valence-corrected chi connectivity index (χ4v) is 4.88. The van der Waals surface area contributed by atoms with Crippen LogP contribution in [-0.2, 0) is 19.6 Å². The molecule has 126 valence electrons. The van der Waals surface area contributed by atoms with E-state index in [4.69, 9.17) is 4.74 Å². The Kier molecular flexibility index (Phi) is 5.59. The highest BCUT2D eigenvalue weighted by Gasteiger charge is 2.43. The first-order valence-electron chi connectivity index (χ1n) is 7.81. The Balaban J connectivity index is 2.32. The topological polar surface area (TPSA) is 63.7 Å². The quantitative estimate of drug-likeness (QED) is 0.436. The van der Waals surface area contributed by atoms with Gasteiger partial charge in [-0.2, -0.15) is 4.31 Å². The minimum absolute atomic E-state index is 0.0211. The van der Waals surface area contributed by atoms with Crippen molar-refractivity contribution in [2.45, 2.75) is 44.0 Å². The largest absolute Gasteiger partial charge is 0.466 e. The number of unbranched alkanes of at least 4 members (excludes halogenated alkanes) is 1. The zero-order chi connectivity index (χ0) is 17.0. The molecule has 6 heteroatoms. The van der Waals surface area contributed by atoms with Gasteiger partial charge in [0.05, 0.1) is 24.0 Å². The van der Waals surface area contributed by atoms with Crippen molar-refractivity contribution in [2.24, 2.45) is 0 Å².